The van der Waals surface area contributed by atoms with Gasteiger partial charge in [0, 0.05) is 11.1 Å². The van der Waals surface area contributed by atoms with E-state index in [9.17, 15) is 12.8 Å². The fourth-order valence-electron chi connectivity index (χ4n) is 1.44. The van der Waals surface area contributed by atoms with E-state index in [1.807, 2.05) is 0 Å². The number of anilines is 2. The monoisotopic (exact) mass is 300 g/mol. The summed E-state index contributed by atoms with van der Waals surface area (Å²) in [5, 5.41) is 0.298. The van der Waals surface area contributed by atoms with Crippen molar-refractivity contribution in [2.75, 3.05) is 10.5 Å². The lowest BCUT2D eigenvalue weighted by Gasteiger charge is -2.09. The topological polar surface area (TPSA) is 72.2 Å². The molecule has 0 spiro atoms. The predicted molar refractivity (Wildman–Crippen MR) is 73.1 cm³/mol. The third kappa shape index (κ3) is 3.15. The molecule has 2 aromatic rings. The van der Waals surface area contributed by atoms with Gasteiger partial charge < -0.3 is 5.73 Å². The molecule has 0 fully saturated rings. The molecule has 0 radical (unpaired) electrons. The fraction of sp³-hybridized carbons (Fsp3) is 0. The van der Waals surface area contributed by atoms with E-state index in [1.54, 1.807) is 6.07 Å². The van der Waals surface area contributed by atoms with Crippen molar-refractivity contribution in [1.82, 2.24) is 0 Å². The Balaban J connectivity index is 2.33. The van der Waals surface area contributed by atoms with Crippen molar-refractivity contribution in [3.05, 3.63) is 53.3 Å². The van der Waals surface area contributed by atoms with Gasteiger partial charge in [-0.3, -0.25) is 4.72 Å². The molecule has 4 nitrogen and oxygen atoms in total. The van der Waals surface area contributed by atoms with Crippen molar-refractivity contribution >= 4 is 33.0 Å². The molecule has 0 saturated heterocycles. The maximum atomic E-state index is 13.2. The summed E-state index contributed by atoms with van der Waals surface area (Å²) < 4.78 is 39.5. The summed E-state index contributed by atoms with van der Waals surface area (Å²) in [5.74, 6) is -0.689. The fourth-order valence-corrected chi connectivity index (χ4v) is 2.79. The smallest absolute Gasteiger partial charge is 0.261 e. The molecule has 0 unspecified atom stereocenters. The molecule has 3 N–H and O–H groups in total. The minimum absolute atomic E-state index is 0.00256. The highest BCUT2D eigenvalue weighted by molar-refractivity contribution is 7.92. The first-order chi connectivity index (χ1) is 8.88. The SMILES string of the molecule is Nc1ccc(NS(=O)(=O)c2cccc(Cl)c2)cc1F. The van der Waals surface area contributed by atoms with Crippen LogP contribution in [0.15, 0.2) is 47.4 Å². The lowest BCUT2D eigenvalue weighted by molar-refractivity contribution is 0.601. The Morgan fingerprint density at radius 3 is 2.53 bits per heavy atom. The van der Waals surface area contributed by atoms with Gasteiger partial charge in [0.1, 0.15) is 5.82 Å². The van der Waals surface area contributed by atoms with Gasteiger partial charge in [-0.15, -0.1) is 0 Å². The zero-order valence-electron chi connectivity index (χ0n) is 9.60. The largest absolute Gasteiger partial charge is 0.396 e. The van der Waals surface area contributed by atoms with Crippen LogP contribution in [0.25, 0.3) is 0 Å². The van der Waals surface area contributed by atoms with Crippen LogP contribution in [-0.2, 0) is 10.0 Å². The molecule has 0 amide bonds. The summed E-state index contributed by atoms with van der Waals surface area (Å²) in [4.78, 5) is -0.00256. The van der Waals surface area contributed by atoms with Gasteiger partial charge in [-0.05, 0) is 30.3 Å². The van der Waals surface area contributed by atoms with Gasteiger partial charge in [-0.1, -0.05) is 17.7 Å². The number of hydrogen-bond acceptors (Lipinski definition) is 3. The molecule has 0 heterocycles. The molecule has 7 heteroatoms. The van der Waals surface area contributed by atoms with Gasteiger partial charge >= 0.3 is 0 Å². The summed E-state index contributed by atoms with van der Waals surface area (Å²) in [6, 6.07) is 9.44. The van der Waals surface area contributed by atoms with Crippen LogP contribution < -0.4 is 10.5 Å². The molecular weight excluding hydrogens is 291 g/mol. The third-order valence-corrected chi connectivity index (χ3v) is 3.97. The van der Waals surface area contributed by atoms with Gasteiger partial charge in [0.2, 0.25) is 0 Å². The molecule has 19 heavy (non-hydrogen) atoms. The van der Waals surface area contributed by atoms with E-state index in [4.69, 9.17) is 17.3 Å². The molecule has 0 saturated carbocycles. The average Bonchev–Trinajstić information content (AvgIpc) is 2.33. The van der Waals surface area contributed by atoms with E-state index in [0.717, 1.165) is 6.07 Å². The van der Waals surface area contributed by atoms with Crippen LogP contribution in [0, 0.1) is 5.82 Å². The zero-order chi connectivity index (χ0) is 14.0. The molecule has 100 valence electrons. The molecule has 2 rings (SSSR count). The first-order valence-corrected chi connectivity index (χ1v) is 7.08. The molecule has 2 aromatic carbocycles. The Morgan fingerprint density at radius 1 is 1.16 bits per heavy atom. The Hall–Kier alpha value is -1.79. The molecule has 0 aliphatic rings. The predicted octanol–water partition coefficient (Wildman–Crippen LogP) is 2.86. The van der Waals surface area contributed by atoms with Gasteiger partial charge in [0.25, 0.3) is 10.0 Å². The molecular formula is C12H10ClFN2O2S. The number of nitrogen functional groups attached to an aromatic ring is 1. The first kappa shape index (κ1) is 13.6. The number of sulfonamides is 1. The number of nitrogens with one attached hydrogen (secondary N) is 1. The van der Waals surface area contributed by atoms with Crippen LogP contribution in [0.5, 0.6) is 0 Å². The van der Waals surface area contributed by atoms with Gasteiger partial charge in [0.15, 0.2) is 0 Å². The highest BCUT2D eigenvalue weighted by Gasteiger charge is 2.15. The summed E-state index contributed by atoms with van der Waals surface area (Å²) in [6.45, 7) is 0. The van der Waals surface area contributed by atoms with Crippen LogP contribution in [0.4, 0.5) is 15.8 Å². The summed E-state index contributed by atoms with van der Waals surface area (Å²) in [5.41, 5.74) is 5.35. The highest BCUT2D eigenvalue weighted by Crippen LogP contribution is 2.21. The molecule has 0 aromatic heterocycles. The third-order valence-electron chi connectivity index (χ3n) is 2.36. The Kier molecular flexibility index (Phi) is 3.64. The van der Waals surface area contributed by atoms with E-state index in [0.29, 0.717) is 5.02 Å². The van der Waals surface area contributed by atoms with Gasteiger partial charge in [0.05, 0.1) is 16.3 Å². The maximum absolute atomic E-state index is 13.2. The maximum Gasteiger partial charge on any atom is 0.261 e. The number of halogens is 2. The normalized spacial score (nSPS) is 11.3. The number of rotatable bonds is 3. The van der Waals surface area contributed by atoms with Crippen LogP contribution in [0.2, 0.25) is 5.02 Å². The van der Waals surface area contributed by atoms with E-state index in [-0.39, 0.29) is 16.3 Å². The zero-order valence-corrected chi connectivity index (χ0v) is 11.2. The van der Waals surface area contributed by atoms with Crippen LogP contribution in [-0.4, -0.2) is 8.42 Å². The molecule has 0 aliphatic heterocycles. The van der Waals surface area contributed by atoms with Crippen molar-refractivity contribution in [3.63, 3.8) is 0 Å². The second kappa shape index (κ2) is 5.07. The quantitative estimate of drug-likeness (QED) is 0.856. The van der Waals surface area contributed by atoms with Crippen LogP contribution in [0.1, 0.15) is 0 Å². The second-order valence-electron chi connectivity index (χ2n) is 3.80. The minimum atomic E-state index is -3.81. The van der Waals surface area contributed by atoms with Crippen LogP contribution in [0.3, 0.4) is 0 Å². The number of hydrogen-bond donors (Lipinski definition) is 2. The van der Waals surface area contributed by atoms with Gasteiger partial charge in [-0.2, -0.15) is 0 Å². The van der Waals surface area contributed by atoms with Crippen molar-refractivity contribution < 1.29 is 12.8 Å². The number of nitrogens with two attached hydrogens (primary N) is 1. The standard InChI is InChI=1S/C12H10ClFN2O2S/c13-8-2-1-3-10(6-8)19(17,18)16-9-4-5-12(15)11(14)7-9/h1-7,16H,15H2. The van der Waals surface area contributed by atoms with E-state index in [2.05, 4.69) is 4.72 Å². The Labute approximate surface area is 115 Å². The molecule has 0 bridgehead atoms. The lowest BCUT2D eigenvalue weighted by atomic mass is 10.3. The minimum Gasteiger partial charge on any atom is -0.396 e. The average molecular weight is 301 g/mol. The first-order valence-electron chi connectivity index (χ1n) is 5.22. The number of benzene rings is 2. The Morgan fingerprint density at radius 2 is 1.89 bits per heavy atom. The van der Waals surface area contributed by atoms with E-state index in [1.165, 1.54) is 30.3 Å². The summed E-state index contributed by atoms with van der Waals surface area (Å²) in [7, 11) is -3.81. The van der Waals surface area contributed by atoms with Crippen molar-refractivity contribution in [2.45, 2.75) is 4.90 Å². The molecule has 0 atom stereocenters. The highest BCUT2D eigenvalue weighted by atomic mass is 35.5. The van der Waals surface area contributed by atoms with Crippen molar-refractivity contribution in [3.8, 4) is 0 Å². The van der Waals surface area contributed by atoms with Crippen LogP contribution >= 0.6 is 11.6 Å². The summed E-state index contributed by atoms with van der Waals surface area (Å²) in [6.07, 6.45) is 0. The van der Waals surface area contributed by atoms with E-state index < -0.39 is 15.8 Å². The second-order valence-corrected chi connectivity index (χ2v) is 5.92. The summed E-state index contributed by atoms with van der Waals surface area (Å²) >= 11 is 5.73. The van der Waals surface area contributed by atoms with Crippen molar-refractivity contribution in [1.29, 1.82) is 0 Å². The Bertz CT molecular complexity index is 719. The van der Waals surface area contributed by atoms with Gasteiger partial charge in [-0.25, -0.2) is 12.8 Å². The lowest BCUT2D eigenvalue weighted by Crippen LogP contribution is -2.13. The van der Waals surface area contributed by atoms with Crippen molar-refractivity contribution in [2.24, 2.45) is 0 Å². The molecule has 0 aliphatic carbocycles. The van der Waals surface area contributed by atoms with E-state index >= 15 is 0 Å².